The Bertz CT molecular complexity index is 503. The van der Waals surface area contributed by atoms with Gasteiger partial charge in [-0.25, -0.2) is 4.98 Å². The van der Waals surface area contributed by atoms with E-state index in [0.717, 1.165) is 17.1 Å². The van der Waals surface area contributed by atoms with Crippen molar-refractivity contribution < 1.29 is 0 Å². The normalized spacial score (nSPS) is 10.2. The molecule has 5 heteroatoms. The first kappa shape index (κ1) is 9.92. The highest BCUT2D eigenvalue weighted by Gasteiger charge is 1.97. The Kier molecular flexibility index (Phi) is 2.82. The minimum Gasteiger partial charge on any atom is -0.364 e. The van der Waals surface area contributed by atoms with E-state index in [1.54, 1.807) is 6.20 Å². The summed E-state index contributed by atoms with van der Waals surface area (Å²) in [5.74, 6) is 0.821. The van der Waals surface area contributed by atoms with E-state index >= 15 is 0 Å². The van der Waals surface area contributed by atoms with Crippen molar-refractivity contribution in [1.29, 1.82) is 0 Å². The molecule has 15 heavy (non-hydrogen) atoms. The van der Waals surface area contributed by atoms with Crippen molar-refractivity contribution in [2.24, 2.45) is 0 Å². The zero-order valence-electron chi connectivity index (χ0n) is 8.28. The number of rotatable bonds is 3. The number of aromatic amines is 1. The maximum Gasteiger partial charge on any atom is 0.304 e. The van der Waals surface area contributed by atoms with Crippen LogP contribution in [0.25, 0.3) is 0 Å². The Labute approximate surface area is 91.0 Å². The molecule has 4 nitrogen and oxygen atoms in total. The maximum absolute atomic E-state index is 10.9. The van der Waals surface area contributed by atoms with Gasteiger partial charge in [-0.1, -0.05) is 11.3 Å². The average molecular weight is 221 g/mol. The number of thiazole rings is 1. The molecule has 0 aliphatic heterocycles. The van der Waals surface area contributed by atoms with E-state index in [0.29, 0.717) is 6.54 Å². The third-order valence-corrected chi connectivity index (χ3v) is 2.66. The lowest BCUT2D eigenvalue weighted by Gasteiger charge is -2.03. The van der Waals surface area contributed by atoms with Crippen LogP contribution in [0.1, 0.15) is 11.3 Å². The molecule has 2 N–H and O–H groups in total. The van der Waals surface area contributed by atoms with Crippen molar-refractivity contribution in [3.63, 3.8) is 0 Å². The van der Waals surface area contributed by atoms with Crippen molar-refractivity contribution >= 4 is 17.2 Å². The molecule has 0 radical (unpaired) electrons. The molecular weight excluding hydrogens is 210 g/mol. The number of hydrogen-bond donors (Lipinski definition) is 2. The largest absolute Gasteiger partial charge is 0.364 e. The lowest BCUT2D eigenvalue weighted by atomic mass is 10.3. The Morgan fingerprint density at radius 3 is 3.13 bits per heavy atom. The zero-order valence-corrected chi connectivity index (χ0v) is 9.10. The number of nitrogens with zero attached hydrogens (tertiary/aromatic N) is 1. The van der Waals surface area contributed by atoms with Crippen molar-refractivity contribution in [2.45, 2.75) is 13.5 Å². The SMILES string of the molecule is Cc1ccnc(NCc2csc(=O)[nH]2)c1. The predicted octanol–water partition coefficient (Wildman–Crippen LogP) is 1.75. The van der Waals surface area contributed by atoms with E-state index in [1.165, 1.54) is 11.3 Å². The van der Waals surface area contributed by atoms with Crippen molar-refractivity contribution in [2.75, 3.05) is 5.32 Å². The van der Waals surface area contributed by atoms with Crippen molar-refractivity contribution in [3.05, 3.63) is 44.6 Å². The van der Waals surface area contributed by atoms with E-state index in [-0.39, 0.29) is 4.87 Å². The molecular formula is C10H11N3OS. The van der Waals surface area contributed by atoms with Gasteiger partial charge in [0, 0.05) is 17.3 Å². The molecule has 0 bridgehead atoms. The molecule has 2 aromatic rings. The first-order chi connectivity index (χ1) is 7.24. The molecule has 0 fully saturated rings. The minimum atomic E-state index is -0.0241. The topological polar surface area (TPSA) is 57.8 Å². The Morgan fingerprint density at radius 1 is 1.60 bits per heavy atom. The Balaban J connectivity index is 2.02. The summed E-state index contributed by atoms with van der Waals surface area (Å²) in [5, 5.41) is 4.95. The highest BCUT2D eigenvalue weighted by atomic mass is 32.1. The fraction of sp³-hybridized carbons (Fsp3) is 0.200. The van der Waals surface area contributed by atoms with E-state index < -0.39 is 0 Å². The van der Waals surface area contributed by atoms with Crippen LogP contribution in [0.5, 0.6) is 0 Å². The van der Waals surface area contributed by atoms with Crippen LogP contribution in [-0.2, 0) is 6.54 Å². The molecule has 0 aliphatic carbocycles. The van der Waals surface area contributed by atoms with Gasteiger partial charge >= 0.3 is 4.87 Å². The zero-order chi connectivity index (χ0) is 10.7. The quantitative estimate of drug-likeness (QED) is 0.830. The molecule has 0 saturated carbocycles. The van der Waals surface area contributed by atoms with E-state index in [9.17, 15) is 4.79 Å². The highest BCUT2D eigenvalue weighted by Crippen LogP contribution is 2.06. The molecule has 0 spiro atoms. The fourth-order valence-electron chi connectivity index (χ4n) is 1.22. The lowest BCUT2D eigenvalue weighted by Crippen LogP contribution is -2.03. The van der Waals surface area contributed by atoms with Crippen LogP contribution in [0.3, 0.4) is 0 Å². The minimum absolute atomic E-state index is 0.0241. The first-order valence-corrected chi connectivity index (χ1v) is 5.45. The number of nitrogens with one attached hydrogen (secondary N) is 2. The average Bonchev–Trinajstić information content (AvgIpc) is 2.62. The van der Waals surface area contributed by atoms with Gasteiger partial charge in [-0.05, 0) is 24.6 Å². The van der Waals surface area contributed by atoms with Gasteiger partial charge in [-0.2, -0.15) is 0 Å². The Hall–Kier alpha value is -1.62. The van der Waals surface area contributed by atoms with Gasteiger partial charge in [0.2, 0.25) is 0 Å². The smallest absolute Gasteiger partial charge is 0.304 e. The molecule has 0 unspecified atom stereocenters. The number of H-pyrrole nitrogens is 1. The second-order valence-corrected chi connectivity index (χ2v) is 4.09. The van der Waals surface area contributed by atoms with Gasteiger partial charge in [0.1, 0.15) is 5.82 Å². The van der Waals surface area contributed by atoms with E-state index in [1.807, 2.05) is 24.4 Å². The summed E-state index contributed by atoms with van der Waals surface area (Å²) < 4.78 is 0. The maximum atomic E-state index is 10.9. The monoisotopic (exact) mass is 221 g/mol. The second kappa shape index (κ2) is 4.27. The summed E-state index contributed by atoms with van der Waals surface area (Å²) >= 11 is 1.17. The van der Waals surface area contributed by atoms with Crippen LogP contribution >= 0.6 is 11.3 Å². The van der Waals surface area contributed by atoms with Gasteiger partial charge in [0.05, 0.1) is 6.54 Å². The number of aryl methyl sites for hydroxylation is 1. The molecule has 0 amide bonds. The van der Waals surface area contributed by atoms with E-state index in [2.05, 4.69) is 15.3 Å². The summed E-state index contributed by atoms with van der Waals surface area (Å²) in [7, 11) is 0. The van der Waals surface area contributed by atoms with Crippen molar-refractivity contribution in [3.8, 4) is 0 Å². The van der Waals surface area contributed by atoms with Crippen molar-refractivity contribution in [1.82, 2.24) is 9.97 Å². The van der Waals surface area contributed by atoms with Crippen LogP contribution in [0.2, 0.25) is 0 Å². The van der Waals surface area contributed by atoms with Crippen LogP contribution in [0.4, 0.5) is 5.82 Å². The van der Waals surface area contributed by atoms with Crippen LogP contribution < -0.4 is 10.2 Å². The van der Waals surface area contributed by atoms with Crippen LogP contribution in [-0.4, -0.2) is 9.97 Å². The summed E-state index contributed by atoms with van der Waals surface area (Å²) in [6.07, 6.45) is 1.76. The Morgan fingerprint density at radius 2 is 2.47 bits per heavy atom. The number of pyridine rings is 1. The number of hydrogen-bond acceptors (Lipinski definition) is 4. The van der Waals surface area contributed by atoms with Gasteiger partial charge in [0.15, 0.2) is 0 Å². The molecule has 78 valence electrons. The molecule has 0 aromatic carbocycles. The molecule has 0 saturated heterocycles. The third kappa shape index (κ3) is 2.66. The van der Waals surface area contributed by atoms with Gasteiger partial charge in [0.25, 0.3) is 0 Å². The summed E-state index contributed by atoms with van der Waals surface area (Å²) in [6, 6.07) is 3.90. The second-order valence-electron chi connectivity index (χ2n) is 3.25. The fourth-order valence-corrected chi connectivity index (χ4v) is 1.80. The lowest BCUT2D eigenvalue weighted by molar-refractivity contribution is 1.04. The first-order valence-electron chi connectivity index (χ1n) is 4.57. The van der Waals surface area contributed by atoms with Gasteiger partial charge < -0.3 is 10.3 Å². The third-order valence-electron chi connectivity index (χ3n) is 1.95. The summed E-state index contributed by atoms with van der Waals surface area (Å²) in [5.41, 5.74) is 2.04. The predicted molar refractivity (Wildman–Crippen MR) is 61.2 cm³/mol. The molecule has 2 rings (SSSR count). The van der Waals surface area contributed by atoms with Crippen LogP contribution in [0.15, 0.2) is 28.5 Å². The van der Waals surface area contributed by atoms with Crippen LogP contribution in [0, 0.1) is 6.92 Å². The molecule has 0 aliphatic rings. The highest BCUT2D eigenvalue weighted by molar-refractivity contribution is 7.07. The molecule has 2 heterocycles. The number of aromatic nitrogens is 2. The molecule has 2 aromatic heterocycles. The number of anilines is 1. The summed E-state index contributed by atoms with van der Waals surface area (Å²) in [4.78, 5) is 17.7. The van der Waals surface area contributed by atoms with Gasteiger partial charge in [-0.15, -0.1) is 0 Å². The van der Waals surface area contributed by atoms with E-state index in [4.69, 9.17) is 0 Å². The van der Waals surface area contributed by atoms with Gasteiger partial charge in [-0.3, -0.25) is 4.79 Å². The molecule has 0 atom stereocenters. The standard InChI is InChI=1S/C10H11N3OS/c1-7-2-3-11-9(4-7)12-5-8-6-15-10(14)13-8/h2-4,6H,5H2,1H3,(H,11,12)(H,13,14). The summed E-state index contributed by atoms with van der Waals surface area (Å²) in [6.45, 7) is 2.61.